The molecule has 1 heterocycles. The fraction of sp³-hybridized carbons (Fsp3) is 0.154. The van der Waals surface area contributed by atoms with Crippen LogP contribution in [0.2, 0.25) is 0 Å². The lowest BCUT2D eigenvalue weighted by Crippen LogP contribution is -2.09. The number of anilines is 3. The number of carbonyl (C=O) groups is 1. The molecule has 3 N–H and O–H groups in total. The van der Waals surface area contributed by atoms with Crippen molar-refractivity contribution in [2.24, 2.45) is 0 Å². The summed E-state index contributed by atoms with van der Waals surface area (Å²) in [6.07, 6.45) is 2.08. The second-order valence-electron chi connectivity index (χ2n) is 3.90. The van der Waals surface area contributed by atoms with Crippen molar-refractivity contribution in [3.05, 3.63) is 41.3 Å². The molecule has 0 atom stereocenters. The van der Waals surface area contributed by atoms with Gasteiger partial charge in [-0.15, -0.1) is 0 Å². The first-order valence-corrected chi connectivity index (χ1v) is 6.30. The molecule has 0 bridgehead atoms. The Labute approximate surface area is 116 Å². The molecule has 0 aliphatic rings. The Bertz CT molecular complexity index is 638. The van der Waals surface area contributed by atoms with Crippen LogP contribution in [0.5, 0.6) is 0 Å². The molecular weight excluding hydrogens is 260 g/mol. The minimum absolute atomic E-state index is 0.0135. The fourth-order valence-corrected chi connectivity index (χ4v) is 1.69. The number of nitrogens with zero attached hydrogens (tertiary/aromatic N) is 1. The van der Waals surface area contributed by atoms with E-state index in [9.17, 15) is 4.79 Å². The van der Waals surface area contributed by atoms with Gasteiger partial charge in [-0.25, -0.2) is 4.98 Å². The lowest BCUT2D eigenvalue weighted by Gasteiger charge is -2.08. The number of aromatic amines is 1. The highest BCUT2D eigenvalue weighted by molar-refractivity contribution is 7.71. The van der Waals surface area contributed by atoms with Gasteiger partial charge in [0.1, 0.15) is 5.82 Å². The third kappa shape index (κ3) is 3.89. The van der Waals surface area contributed by atoms with E-state index in [1.54, 1.807) is 12.3 Å². The first-order valence-electron chi connectivity index (χ1n) is 5.89. The molecule has 0 unspecified atom stereocenters. The Hall–Kier alpha value is -2.21. The van der Waals surface area contributed by atoms with Gasteiger partial charge < -0.3 is 15.6 Å². The summed E-state index contributed by atoms with van der Waals surface area (Å²) in [6.45, 7) is 1.81. The van der Waals surface area contributed by atoms with Crippen molar-refractivity contribution in [3.8, 4) is 0 Å². The van der Waals surface area contributed by atoms with Gasteiger partial charge in [-0.1, -0.05) is 13.0 Å². The zero-order chi connectivity index (χ0) is 13.7. The van der Waals surface area contributed by atoms with Crippen LogP contribution in [-0.2, 0) is 4.79 Å². The summed E-state index contributed by atoms with van der Waals surface area (Å²) in [6, 6.07) is 9.24. The summed E-state index contributed by atoms with van der Waals surface area (Å²) in [5.74, 6) is 0.736. The molecule has 1 aromatic heterocycles. The maximum Gasteiger partial charge on any atom is 0.224 e. The standard InChI is InChI=1S/C13H14N4OS/c1-2-12(18)16-10-5-3-4-9(8-10)15-11-6-7-14-13(19)17-11/h3-8H,2H2,1H3,(H,16,18)(H2,14,15,17,19). The molecule has 1 amide bonds. The smallest absolute Gasteiger partial charge is 0.224 e. The van der Waals surface area contributed by atoms with Crippen LogP contribution in [0.1, 0.15) is 13.3 Å². The largest absolute Gasteiger partial charge is 0.342 e. The van der Waals surface area contributed by atoms with Gasteiger partial charge in [-0.3, -0.25) is 4.79 Å². The lowest BCUT2D eigenvalue weighted by atomic mass is 10.2. The van der Waals surface area contributed by atoms with E-state index in [-0.39, 0.29) is 5.91 Å². The minimum Gasteiger partial charge on any atom is -0.342 e. The third-order valence-electron chi connectivity index (χ3n) is 2.42. The highest BCUT2D eigenvalue weighted by atomic mass is 32.1. The van der Waals surface area contributed by atoms with Crippen LogP contribution >= 0.6 is 12.2 Å². The van der Waals surface area contributed by atoms with Crippen molar-refractivity contribution in [1.82, 2.24) is 9.97 Å². The van der Waals surface area contributed by atoms with Crippen molar-refractivity contribution >= 4 is 35.3 Å². The summed E-state index contributed by atoms with van der Waals surface area (Å²) >= 11 is 4.95. The van der Waals surface area contributed by atoms with E-state index in [0.29, 0.717) is 11.2 Å². The summed E-state index contributed by atoms with van der Waals surface area (Å²) in [5.41, 5.74) is 1.61. The lowest BCUT2D eigenvalue weighted by molar-refractivity contribution is -0.115. The highest BCUT2D eigenvalue weighted by Gasteiger charge is 2.00. The van der Waals surface area contributed by atoms with Crippen molar-refractivity contribution in [2.75, 3.05) is 10.6 Å². The van der Waals surface area contributed by atoms with E-state index < -0.39 is 0 Å². The second-order valence-corrected chi connectivity index (χ2v) is 4.28. The molecule has 0 aliphatic heterocycles. The summed E-state index contributed by atoms with van der Waals surface area (Å²) < 4.78 is 0.417. The number of hydrogen-bond donors (Lipinski definition) is 3. The molecular formula is C13H14N4OS. The van der Waals surface area contributed by atoms with Gasteiger partial charge in [0, 0.05) is 24.0 Å². The molecule has 19 heavy (non-hydrogen) atoms. The molecule has 2 aromatic rings. The van der Waals surface area contributed by atoms with Crippen molar-refractivity contribution in [1.29, 1.82) is 0 Å². The van der Waals surface area contributed by atoms with Crippen LogP contribution in [0.15, 0.2) is 36.5 Å². The van der Waals surface area contributed by atoms with E-state index in [1.807, 2.05) is 31.2 Å². The molecule has 0 spiro atoms. The quantitative estimate of drug-likeness (QED) is 0.749. The Morgan fingerprint density at radius 1 is 1.37 bits per heavy atom. The first kappa shape index (κ1) is 13.2. The Balaban J connectivity index is 2.15. The van der Waals surface area contributed by atoms with Crippen molar-refractivity contribution < 1.29 is 4.79 Å². The van der Waals surface area contributed by atoms with E-state index >= 15 is 0 Å². The molecule has 6 heteroatoms. The molecule has 2 rings (SSSR count). The molecule has 0 saturated heterocycles. The molecule has 1 aromatic carbocycles. The van der Waals surface area contributed by atoms with Crippen LogP contribution in [0, 0.1) is 4.77 Å². The molecule has 0 saturated carbocycles. The molecule has 0 aliphatic carbocycles. The van der Waals surface area contributed by atoms with Gasteiger partial charge in [-0.2, -0.15) is 0 Å². The van der Waals surface area contributed by atoms with Gasteiger partial charge >= 0.3 is 0 Å². The number of carbonyl (C=O) groups excluding carboxylic acids is 1. The summed E-state index contributed by atoms with van der Waals surface area (Å²) in [5, 5.41) is 5.97. The highest BCUT2D eigenvalue weighted by Crippen LogP contribution is 2.18. The van der Waals surface area contributed by atoms with E-state index in [2.05, 4.69) is 20.6 Å². The van der Waals surface area contributed by atoms with E-state index in [4.69, 9.17) is 12.2 Å². The van der Waals surface area contributed by atoms with Gasteiger partial charge in [-0.05, 0) is 36.5 Å². The van der Waals surface area contributed by atoms with E-state index in [1.165, 1.54) is 0 Å². The van der Waals surface area contributed by atoms with Crippen molar-refractivity contribution in [2.45, 2.75) is 13.3 Å². The minimum atomic E-state index is -0.0135. The van der Waals surface area contributed by atoms with E-state index in [0.717, 1.165) is 17.2 Å². The van der Waals surface area contributed by atoms with Crippen LogP contribution in [-0.4, -0.2) is 15.9 Å². The van der Waals surface area contributed by atoms with Gasteiger partial charge in [0.2, 0.25) is 5.91 Å². The number of benzene rings is 1. The molecule has 98 valence electrons. The van der Waals surface area contributed by atoms with Crippen LogP contribution < -0.4 is 10.6 Å². The van der Waals surface area contributed by atoms with Crippen LogP contribution in [0.3, 0.4) is 0 Å². The van der Waals surface area contributed by atoms with Crippen LogP contribution in [0.4, 0.5) is 17.2 Å². The Morgan fingerprint density at radius 2 is 2.16 bits per heavy atom. The first-order chi connectivity index (χ1) is 9.17. The molecule has 5 nitrogen and oxygen atoms in total. The molecule has 0 fully saturated rings. The number of amides is 1. The summed E-state index contributed by atoms with van der Waals surface area (Å²) in [7, 11) is 0. The fourth-order valence-electron chi connectivity index (χ4n) is 1.52. The van der Waals surface area contributed by atoms with Gasteiger partial charge in [0.15, 0.2) is 4.77 Å². The number of aromatic nitrogens is 2. The third-order valence-corrected chi connectivity index (χ3v) is 2.63. The van der Waals surface area contributed by atoms with Gasteiger partial charge in [0.25, 0.3) is 0 Å². The zero-order valence-corrected chi connectivity index (χ0v) is 11.3. The normalized spacial score (nSPS) is 9.95. The zero-order valence-electron chi connectivity index (χ0n) is 10.4. The average molecular weight is 274 g/mol. The SMILES string of the molecule is CCC(=O)Nc1cccc(Nc2ccnc(=S)[nH]2)c1. The van der Waals surface area contributed by atoms with Crippen LogP contribution in [0.25, 0.3) is 0 Å². The Kier molecular flexibility index (Phi) is 4.25. The Morgan fingerprint density at radius 3 is 2.89 bits per heavy atom. The molecule has 0 radical (unpaired) electrons. The summed E-state index contributed by atoms with van der Waals surface area (Å²) in [4.78, 5) is 18.2. The number of rotatable bonds is 4. The number of nitrogens with one attached hydrogen (secondary N) is 3. The monoisotopic (exact) mass is 274 g/mol. The average Bonchev–Trinajstić information content (AvgIpc) is 2.39. The predicted molar refractivity (Wildman–Crippen MR) is 78.1 cm³/mol. The maximum atomic E-state index is 11.3. The number of H-pyrrole nitrogens is 1. The topological polar surface area (TPSA) is 69.8 Å². The van der Waals surface area contributed by atoms with Gasteiger partial charge in [0.05, 0.1) is 0 Å². The maximum absolute atomic E-state index is 11.3. The predicted octanol–water partition coefficient (Wildman–Crippen LogP) is 3.23. The number of hydrogen-bond acceptors (Lipinski definition) is 4. The van der Waals surface area contributed by atoms with Crippen molar-refractivity contribution in [3.63, 3.8) is 0 Å². The second kappa shape index (κ2) is 6.10.